The largest absolute Gasteiger partial charge is 0.487 e. The van der Waals surface area contributed by atoms with E-state index in [1.165, 1.54) is 12.1 Å². The van der Waals surface area contributed by atoms with Gasteiger partial charge in [0.05, 0.1) is 11.1 Å². The summed E-state index contributed by atoms with van der Waals surface area (Å²) in [6, 6.07) is 18.2. The normalized spacial score (nSPS) is 11.8. The Morgan fingerprint density at radius 2 is 1.77 bits per heavy atom. The molecule has 0 heterocycles. The van der Waals surface area contributed by atoms with Crippen molar-refractivity contribution in [3.8, 4) is 5.75 Å². The third kappa shape index (κ3) is 7.82. The zero-order valence-corrected chi connectivity index (χ0v) is 20.5. The van der Waals surface area contributed by atoms with Gasteiger partial charge in [0.2, 0.25) is 0 Å². The molecule has 0 spiro atoms. The molecule has 1 atom stereocenters. The summed E-state index contributed by atoms with van der Waals surface area (Å²) in [5.74, 6) is -0.785. The van der Waals surface area contributed by atoms with E-state index in [1.54, 1.807) is 36.4 Å². The number of halogens is 2. The van der Waals surface area contributed by atoms with Crippen LogP contribution in [0.15, 0.2) is 66.7 Å². The van der Waals surface area contributed by atoms with Gasteiger partial charge in [0.25, 0.3) is 5.91 Å². The minimum Gasteiger partial charge on any atom is -0.487 e. The molecule has 0 saturated heterocycles. The quantitative estimate of drug-likeness (QED) is 0.313. The number of carboxylic acids is 1. The number of benzene rings is 3. The van der Waals surface area contributed by atoms with E-state index in [4.69, 9.17) is 21.4 Å². The molecule has 35 heavy (non-hydrogen) atoms. The number of hydrogen-bond acceptors (Lipinski definition) is 3. The topological polar surface area (TPSA) is 75.6 Å². The lowest BCUT2D eigenvalue weighted by molar-refractivity contribution is -0.136. The van der Waals surface area contributed by atoms with Gasteiger partial charge in [-0.2, -0.15) is 0 Å². The van der Waals surface area contributed by atoms with E-state index >= 15 is 0 Å². The van der Waals surface area contributed by atoms with Crippen LogP contribution in [0.25, 0.3) is 0 Å². The molecule has 184 valence electrons. The molecule has 0 aliphatic rings. The highest BCUT2D eigenvalue weighted by atomic mass is 35.5. The van der Waals surface area contributed by atoms with E-state index in [2.05, 4.69) is 5.32 Å². The average Bonchev–Trinajstić information content (AvgIpc) is 2.82. The molecule has 0 saturated carbocycles. The Morgan fingerprint density at radius 3 is 2.43 bits per heavy atom. The number of hydrogen-bond donors (Lipinski definition) is 2. The summed E-state index contributed by atoms with van der Waals surface area (Å²) in [5, 5.41) is 12.7. The highest BCUT2D eigenvalue weighted by Gasteiger charge is 2.20. The van der Waals surface area contributed by atoms with Gasteiger partial charge in [0.1, 0.15) is 18.2 Å². The van der Waals surface area contributed by atoms with Gasteiger partial charge in [-0.05, 0) is 65.8 Å². The van der Waals surface area contributed by atoms with Gasteiger partial charge in [-0.1, -0.05) is 61.8 Å². The van der Waals surface area contributed by atoms with Crippen molar-refractivity contribution in [2.75, 3.05) is 0 Å². The van der Waals surface area contributed by atoms with E-state index in [1.807, 2.05) is 32.0 Å². The first-order valence-electron chi connectivity index (χ1n) is 11.5. The van der Waals surface area contributed by atoms with Gasteiger partial charge in [-0.25, -0.2) is 4.39 Å². The van der Waals surface area contributed by atoms with Crippen molar-refractivity contribution in [1.29, 1.82) is 0 Å². The van der Waals surface area contributed by atoms with E-state index < -0.39 is 5.97 Å². The zero-order chi connectivity index (χ0) is 25.4. The molecule has 3 rings (SSSR count). The van der Waals surface area contributed by atoms with Crippen LogP contribution in [0.2, 0.25) is 5.02 Å². The first kappa shape index (κ1) is 26.2. The number of aliphatic carboxylic acids is 1. The maximum absolute atomic E-state index is 13.5. The molecule has 3 aromatic carbocycles. The molecular formula is C28H29ClFNO4. The standard InChI is InChI=1S/C28H29ClFNO4/c1-18(2)15-25(21-9-12-22(30)13-10-21)31-28(34)23-16-19(7-8-20(23)11-14-27(32)33)17-35-26-6-4-3-5-24(26)29/h3-10,12-13,16,18,25H,11,14-15,17H2,1-2H3,(H,31,34)(H,32,33). The molecule has 0 aliphatic heterocycles. The van der Waals surface area contributed by atoms with Crippen LogP contribution in [0.1, 0.15) is 59.8 Å². The maximum atomic E-state index is 13.5. The number of nitrogens with one attached hydrogen (secondary N) is 1. The third-order valence-electron chi connectivity index (χ3n) is 5.54. The second kappa shape index (κ2) is 12.4. The molecule has 7 heteroatoms. The fraction of sp³-hybridized carbons (Fsp3) is 0.286. The number of para-hydroxylation sites is 1. The van der Waals surface area contributed by atoms with Crippen LogP contribution in [-0.4, -0.2) is 17.0 Å². The van der Waals surface area contributed by atoms with E-state index in [0.717, 1.165) is 11.1 Å². The van der Waals surface area contributed by atoms with Crippen LogP contribution in [0, 0.1) is 11.7 Å². The van der Waals surface area contributed by atoms with Gasteiger partial charge in [-0.3, -0.25) is 9.59 Å². The molecular weight excluding hydrogens is 469 g/mol. The molecule has 1 unspecified atom stereocenters. The first-order valence-corrected chi connectivity index (χ1v) is 11.9. The number of aryl methyl sites for hydroxylation is 1. The van der Waals surface area contributed by atoms with Gasteiger partial charge in [0.15, 0.2) is 0 Å². The van der Waals surface area contributed by atoms with Crippen LogP contribution in [0.3, 0.4) is 0 Å². The van der Waals surface area contributed by atoms with Crippen molar-refractivity contribution < 1.29 is 23.8 Å². The Hall–Kier alpha value is -3.38. The van der Waals surface area contributed by atoms with Crippen molar-refractivity contribution in [1.82, 2.24) is 5.32 Å². The molecule has 0 fully saturated rings. The molecule has 1 amide bonds. The smallest absolute Gasteiger partial charge is 0.303 e. The fourth-order valence-corrected chi connectivity index (χ4v) is 3.98. The van der Waals surface area contributed by atoms with Crippen LogP contribution in [0.4, 0.5) is 4.39 Å². The highest BCUT2D eigenvalue weighted by molar-refractivity contribution is 6.32. The lowest BCUT2D eigenvalue weighted by Gasteiger charge is -2.22. The van der Waals surface area contributed by atoms with Crippen LogP contribution in [0.5, 0.6) is 5.75 Å². The molecule has 3 aromatic rings. The lowest BCUT2D eigenvalue weighted by Crippen LogP contribution is -2.30. The van der Waals surface area contributed by atoms with Crippen molar-refractivity contribution in [3.05, 3.63) is 99.8 Å². The monoisotopic (exact) mass is 497 g/mol. The fourth-order valence-electron chi connectivity index (χ4n) is 3.79. The second-order valence-corrected chi connectivity index (χ2v) is 9.22. The summed E-state index contributed by atoms with van der Waals surface area (Å²) < 4.78 is 19.3. The van der Waals surface area contributed by atoms with E-state index in [0.29, 0.717) is 28.3 Å². The van der Waals surface area contributed by atoms with E-state index in [-0.39, 0.29) is 43.1 Å². The molecule has 0 bridgehead atoms. The molecule has 5 nitrogen and oxygen atoms in total. The number of amides is 1. The number of carbonyl (C=O) groups excluding carboxylic acids is 1. The Morgan fingerprint density at radius 1 is 1.06 bits per heavy atom. The number of ether oxygens (including phenoxy) is 1. The Kier molecular flexibility index (Phi) is 9.26. The highest BCUT2D eigenvalue weighted by Crippen LogP contribution is 2.26. The van der Waals surface area contributed by atoms with Gasteiger partial charge >= 0.3 is 5.97 Å². The summed E-state index contributed by atoms with van der Waals surface area (Å²) in [6.07, 6.45) is 0.787. The van der Waals surface area contributed by atoms with Gasteiger partial charge < -0.3 is 15.2 Å². The second-order valence-electron chi connectivity index (χ2n) is 8.81. The van der Waals surface area contributed by atoms with Gasteiger partial charge in [0, 0.05) is 12.0 Å². The van der Waals surface area contributed by atoms with Crippen molar-refractivity contribution in [2.24, 2.45) is 5.92 Å². The summed E-state index contributed by atoms with van der Waals surface area (Å²) in [5.41, 5.74) is 2.58. The molecule has 0 aromatic heterocycles. The number of carboxylic acid groups (broad SMARTS) is 1. The average molecular weight is 498 g/mol. The van der Waals surface area contributed by atoms with Crippen LogP contribution < -0.4 is 10.1 Å². The van der Waals surface area contributed by atoms with Crippen LogP contribution in [-0.2, 0) is 17.8 Å². The predicted molar refractivity (Wildman–Crippen MR) is 134 cm³/mol. The Balaban J connectivity index is 1.86. The third-order valence-corrected chi connectivity index (χ3v) is 5.86. The summed E-state index contributed by atoms with van der Waals surface area (Å²) >= 11 is 6.17. The number of carbonyl (C=O) groups is 2. The van der Waals surface area contributed by atoms with Crippen molar-refractivity contribution in [2.45, 2.75) is 45.8 Å². The predicted octanol–water partition coefficient (Wildman–Crippen LogP) is 6.59. The Bertz CT molecular complexity index is 1160. The van der Waals surface area contributed by atoms with Gasteiger partial charge in [-0.15, -0.1) is 0 Å². The van der Waals surface area contributed by atoms with Crippen LogP contribution >= 0.6 is 11.6 Å². The van der Waals surface area contributed by atoms with Crippen molar-refractivity contribution >= 4 is 23.5 Å². The maximum Gasteiger partial charge on any atom is 0.303 e. The molecule has 0 aliphatic carbocycles. The minimum atomic E-state index is -0.938. The minimum absolute atomic E-state index is 0.0941. The first-order chi connectivity index (χ1) is 16.7. The SMILES string of the molecule is CC(C)CC(NC(=O)c1cc(COc2ccccc2Cl)ccc1CCC(=O)O)c1ccc(F)cc1. The summed E-state index contributed by atoms with van der Waals surface area (Å²) in [7, 11) is 0. The lowest BCUT2D eigenvalue weighted by atomic mass is 9.95. The number of rotatable bonds is 11. The summed E-state index contributed by atoms with van der Waals surface area (Å²) in [4.78, 5) is 24.6. The molecule has 0 radical (unpaired) electrons. The summed E-state index contributed by atoms with van der Waals surface area (Å²) in [6.45, 7) is 4.29. The van der Waals surface area contributed by atoms with Crippen molar-refractivity contribution in [3.63, 3.8) is 0 Å². The zero-order valence-electron chi connectivity index (χ0n) is 19.8. The van der Waals surface area contributed by atoms with E-state index in [9.17, 15) is 14.0 Å². The Labute approximate surface area is 209 Å². The molecule has 2 N–H and O–H groups in total.